The normalized spacial score (nSPS) is 13.0. The molecule has 0 fully saturated rings. The molecule has 0 N–H and O–H groups in total. The molecule has 0 aliphatic rings. The van der Waals surface area contributed by atoms with Gasteiger partial charge in [-0.05, 0) is 12.1 Å². The Balaban J connectivity index is 2.83. The number of ether oxygens (including phenoxy) is 1. The number of nitrogens with zero attached hydrogens (tertiary/aromatic N) is 1. The van der Waals surface area contributed by atoms with Gasteiger partial charge < -0.3 is 4.74 Å². The number of aromatic nitrogens is 1. The highest BCUT2D eigenvalue weighted by Gasteiger charge is 2.43. The first-order chi connectivity index (χ1) is 11.3. The lowest BCUT2D eigenvalue weighted by atomic mass is 9.96. The standard InChI is InChI=1S/C14H6F9NO/c15-12(16,17)8-5-6-24-11(13(18,19)20)10(8)7-3-1-2-4-9(7)25-14(21,22)23/h1-6H. The molecule has 2 rings (SSSR count). The van der Waals surface area contributed by atoms with E-state index in [1.165, 1.54) is 0 Å². The van der Waals surface area contributed by atoms with Crippen LogP contribution < -0.4 is 4.74 Å². The van der Waals surface area contributed by atoms with Crippen molar-refractivity contribution in [3.63, 3.8) is 0 Å². The average Bonchev–Trinajstić information content (AvgIpc) is 2.43. The lowest BCUT2D eigenvalue weighted by molar-refractivity contribution is -0.274. The molecule has 0 bridgehead atoms. The van der Waals surface area contributed by atoms with E-state index in [9.17, 15) is 39.5 Å². The van der Waals surface area contributed by atoms with E-state index in [1.54, 1.807) is 0 Å². The smallest absolute Gasteiger partial charge is 0.405 e. The second kappa shape index (κ2) is 6.12. The topological polar surface area (TPSA) is 22.1 Å². The highest BCUT2D eigenvalue weighted by Crippen LogP contribution is 2.46. The van der Waals surface area contributed by atoms with Crippen LogP contribution in [0.1, 0.15) is 11.3 Å². The summed E-state index contributed by atoms with van der Waals surface area (Å²) in [6.07, 6.45) is -15.6. The predicted octanol–water partition coefficient (Wildman–Crippen LogP) is 5.68. The average molecular weight is 375 g/mol. The van der Waals surface area contributed by atoms with E-state index in [0.717, 1.165) is 12.1 Å². The molecule has 0 saturated carbocycles. The van der Waals surface area contributed by atoms with Crippen LogP contribution in [0.4, 0.5) is 39.5 Å². The third kappa shape index (κ3) is 4.34. The van der Waals surface area contributed by atoms with Crippen LogP contribution in [0.2, 0.25) is 0 Å². The van der Waals surface area contributed by atoms with Gasteiger partial charge in [-0.2, -0.15) is 26.3 Å². The quantitative estimate of drug-likeness (QED) is 0.630. The Kier molecular flexibility index (Phi) is 4.62. The zero-order chi connectivity index (χ0) is 19.0. The lowest BCUT2D eigenvalue weighted by Gasteiger charge is -2.20. The van der Waals surface area contributed by atoms with Crippen molar-refractivity contribution in [1.82, 2.24) is 4.98 Å². The van der Waals surface area contributed by atoms with Gasteiger partial charge in [-0.3, -0.25) is 4.98 Å². The summed E-state index contributed by atoms with van der Waals surface area (Å²) in [4.78, 5) is 2.88. The first-order valence-corrected chi connectivity index (χ1v) is 6.29. The molecule has 0 amide bonds. The second-order valence-corrected chi connectivity index (χ2v) is 4.62. The number of benzene rings is 1. The molecular weight excluding hydrogens is 369 g/mol. The van der Waals surface area contributed by atoms with Gasteiger partial charge in [-0.1, -0.05) is 18.2 Å². The molecule has 0 unspecified atom stereocenters. The summed E-state index contributed by atoms with van der Waals surface area (Å²) < 4.78 is 119. The maximum atomic E-state index is 13.1. The van der Waals surface area contributed by atoms with Gasteiger partial charge in [0.25, 0.3) is 0 Å². The molecule has 0 saturated heterocycles. The van der Waals surface area contributed by atoms with E-state index in [1.807, 2.05) is 0 Å². The Labute approximate surface area is 133 Å². The van der Waals surface area contributed by atoms with E-state index in [2.05, 4.69) is 9.72 Å². The Morgan fingerprint density at radius 2 is 1.36 bits per heavy atom. The maximum absolute atomic E-state index is 13.1. The minimum atomic E-state index is -5.33. The number of rotatable bonds is 2. The van der Waals surface area contributed by atoms with E-state index < -0.39 is 46.8 Å². The van der Waals surface area contributed by atoms with Gasteiger partial charge in [0.2, 0.25) is 0 Å². The van der Waals surface area contributed by atoms with Crippen LogP contribution in [-0.4, -0.2) is 11.3 Å². The second-order valence-electron chi connectivity index (χ2n) is 4.62. The zero-order valence-corrected chi connectivity index (χ0v) is 11.7. The van der Waals surface area contributed by atoms with Gasteiger partial charge in [-0.15, -0.1) is 13.2 Å². The summed E-state index contributed by atoms with van der Waals surface area (Å²) in [5, 5.41) is 0. The molecule has 1 aromatic carbocycles. The van der Waals surface area contributed by atoms with Gasteiger partial charge in [0.1, 0.15) is 5.75 Å². The first kappa shape index (κ1) is 18.9. The van der Waals surface area contributed by atoms with E-state index >= 15 is 0 Å². The molecule has 1 heterocycles. The van der Waals surface area contributed by atoms with Crippen molar-refractivity contribution < 1.29 is 44.3 Å². The van der Waals surface area contributed by atoms with Crippen LogP contribution in [0.5, 0.6) is 5.75 Å². The summed E-state index contributed by atoms with van der Waals surface area (Å²) in [5.41, 5.74) is -6.33. The fraction of sp³-hybridized carbons (Fsp3) is 0.214. The Hall–Kier alpha value is -2.46. The van der Waals surface area contributed by atoms with Crippen molar-refractivity contribution >= 4 is 0 Å². The number of alkyl halides is 9. The summed E-state index contributed by atoms with van der Waals surface area (Å²) >= 11 is 0. The largest absolute Gasteiger partial charge is 0.573 e. The molecule has 0 radical (unpaired) electrons. The molecule has 0 aliphatic heterocycles. The van der Waals surface area contributed by atoms with Crippen LogP contribution in [0, 0.1) is 0 Å². The van der Waals surface area contributed by atoms with Gasteiger partial charge in [0.15, 0.2) is 5.69 Å². The molecular formula is C14H6F9NO. The van der Waals surface area contributed by atoms with Crippen LogP contribution in [0.15, 0.2) is 36.5 Å². The number of hydrogen-bond donors (Lipinski definition) is 0. The van der Waals surface area contributed by atoms with Gasteiger partial charge in [-0.25, -0.2) is 0 Å². The third-order valence-corrected chi connectivity index (χ3v) is 2.91. The van der Waals surface area contributed by atoms with E-state index in [-0.39, 0.29) is 12.3 Å². The number of halogens is 9. The minimum Gasteiger partial charge on any atom is -0.405 e. The van der Waals surface area contributed by atoms with Crippen LogP contribution in [0.3, 0.4) is 0 Å². The van der Waals surface area contributed by atoms with Crippen LogP contribution in [0.25, 0.3) is 11.1 Å². The molecule has 25 heavy (non-hydrogen) atoms. The molecule has 0 atom stereocenters. The third-order valence-electron chi connectivity index (χ3n) is 2.91. The fourth-order valence-electron chi connectivity index (χ4n) is 2.07. The molecule has 0 aliphatic carbocycles. The van der Waals surface area contributed by atoms with E-state index in [4.69, 9.17) is 0 Å². The van der Waals surface area contributed by atoms with Crippen molar-refractivity contribution in [3.05, 3.63) is 47.8 Å². The molecule has 1 aromatic heterocycles. The molecule has 2 nitrogen and oxygen atoms in total. The maximum Gasteiger partial charge on any atom is 0.573 e. The molecule has 2 aromatic rings. The molecule has 0 spiro atoms. The first-order valence-electron chi connectivity index (χ1n) is 6.29. The van der Waals surface area contributed by atoms with Crippen molar-refractivity contribution in [1.29, 1.82) is 0 Å². The summed E-state index contributed by atoms with van der Waals surface area (Å²) in [7, 11) is 0. The highest BCUT2D eigenvalue weighted by atomic mass is 19.4. The summed E-state index contributed by atoms with van der Waals surface area (Å²) in [6.45, 7) is 0. The van der Waals surface area contributed by atoms with Crippen molar-refractivity contribution in [3.8, 4) is 16.9 Å². The molecule has 11 heteroatoms. The Morgan fingerprint density at radius 1 is 0.760 bits per heavy atom. The predicted molar refractivity (Wildman–Crippen MR) is 66.4 cm³/mol. The number of pyridine rings is 1. The van der Waals surface area contributed by atoms with Gasteiger partial charge in [0, 0.05) is 17.3 Å². The summed E-state index contributed by atoms with van der Waals surface area (Å²) in [6, 6.07) is 3.46. The highest BCUT2D eigenvalue weighted by molar-refractivity contribution is 5.76. The monoisotopic (exact) mass is 375 g/mol. The van der Waals surface area contributed by atoms with Crippen molar-refractivity contribution in [2.24, 2.45) is 0 Å². The van der Waals surface area contributed by atoms with E-state index in [0.29, 0.717) is 12.1 Å². The van der Waals surface area contributed by atoms with Crippen LogP contribution >= 0.6 is 0 Å². The number of para-hydroxylation sites is 1. The van der Waals surface area contributed by atoms with Gasteiger partial charge in [0.05, 0.1) is 5.56 Å². The Bertz CT molecular complexity index is 730. The fourth-order valence-corrected chi connectivity index (χ4v) is 2.07. The lowest BCUT2D eigenvalue weighted by Crippen LogP contribution is -2.19. The van der Waals surface area contributed by atoms with Gasteiger partial charge >= 0.3 is 18.7 Å². The zero-order valence-electron chi connectivity index (χ0n) is 11.7. The minimum absolute atomic E-state index is 0.245. The van der Waals surface area contributed by atoms with Crippen molar-refractivity contribution in [2.45, 2.75) is 18.7 Å². The summed E-state index contributed by atoms with van der Waals surface area (Å²) in [5.74, 6) is -1.21. The Morgan fingerprint density at radius 3 is 1.88 bits per heavy atom. The molecule has 136 valence electrons. The van der Waals surface area contributed by atoms with Crippen LogP contribution in [-0.2, 0) is 12.4 Å². The van der Waals surface area contributed by atoms with Crippen molar-refractivity contribution in [2.75, 3.05) is 0 Å². The number of hydrogen-bond acceptors (Lipinski definition) is 2. The SMILES string of the molecule is FC(F)(F)Oc1ccccc1-c1c(C(F)(F)F)ccnc1C(F)(F)F.